The number of carbonyl (C=O) groups excluding carboxylic acids is 3. The van der Waals surface area contributed by atoms with Gasteiger partial charge in [0.1, 0.15) is 11.9 Å². The summed E-state index contributed by atoms with van der Waals surface area (Å²) in [6, 6.07) is 7.45. The first-order valence-electron chi connectivity index (χ1n) is 9.84. The third kappa shape index (κ3) is 6.34. The minimum Gasteiger partial charge on any atom is -0.493 e. The summed E-state index contributed by atoms with van der Waals surface area (Å²) < 4.78 is 28.9. The standard InChI is InChI=1S/C23H26FNO6/c1-13(23(28)30-15(3)14(2)17-6-8-18(24)9-7-17)12-19(27)21-22(31-16(4)26)20(29-5)10-11-25-21/h6-11,13-15H,12H2,1-5H3/t13-,14+,15-/m1/s1. The number of halogens is 1. The number of nitrogens with zero attached hydrogens (tertiary/aromatic N) is 1. The molecular weight excluding hydrogens is 405 g/mol. The second kappa shape index (κ2) is 10.7. The molecule has 0 aliphatic heterocycles. The molecular formula is C23H26FNO6. The Morgan fingerprint density at radius 1 is 1.06 bits per heavy atom. The molecule has 0 spiro atoms. The highest BCUT2D eigenvalue weighted by Gasteiger charge is 2.27. The average Bonchev–Trinajstić information content (AvgIpc) is 2.73. The van der Waals surface area contributed by atoms with Crippen LogP contribution in [-0.4, -0.2) is 35.9 Å². The van der Waals surface area contributed by atoms with Gasteiger partial charge in [0.25, 0.3) is 0 Å². The second-order valence-electron chi connectivity index (χ2n) is 7.30. The summed E-state index contributed by atoms with van der Waals surface area (Å²) >= 11 is 0. The number of pyridine rings is 1. The quantitative estimate of drug-likeness (QED) is 0.436. The lowest BCUT2D eigenvalue weighted by molar-refractivity contribution is -0.153. The van der Waals surface area contributed by atoms with Crippen molar-refractivity contribution in [3.63, 3.8) is 0 Å². The molecule has 31 heavy (non-hydrogen) atoms. The van der Waals surface area contributed by atoms with Crippen molar-refractivity contribution in [3.05, 3.63) is 53.6 Å². The van der Waals surface area contributed by atoms with Crippen LogP contribution in [0.2, 0.25) is 0 Å². The van der Waals surface area contributed by atoms with Gasteiger partial charge in [-0.1, -0.05) is 26.0 Å². The maximum Gasteiger partial charge on any atom is 0.309 e. The van der Waals surface area contributed by atoms with Crippen molar-refractivity contribution in [2.45, 2.75) is 46.1 Å². The number of methoxy groups -OCH3 is 1. The number of hydrogen-bond donors (Lipinski definition) is 0. The van der Waals surface area contributed by atoms with Crippen molar-refractivity contribution < 1.29 is 33.0 Å². The van der Waals surface area contributed by atoms with Crippen LogP contribution in [0.4, 0.5) is 4.39 Å². The number of rotatable bonds is 9. The number of ether oxygens (including phenoxy) is 3. The third-order valence-corrected chi connectivity index (χ3v) is 4.89. The number of hydrogen-bond acceptors (Lipinski definition) is 7. The van der Waals surface area contributed by atoms with E-state index in [2.05, 4.69) is 4.98 Å². The summed E-state index contributed by atoms with van der Waals surface area (Å²) in [4.78, 5) is 40.7. The molecule has 2 rings (SSSR count). The molecule has 0 radical (unpaired) electrons. The van der Waals surface area contributed by atoms with Crippen molar-refractivity contribution >= 4 is 17.7 Å². The van der Waals surface area contributed by atoms with E-state index in [9.17, 15) is 18.8 Å². The van der Waals surface area contributed by atoms with Crippen LogP contribution in [0.5, 0.6) is 11.5 Å². The lowest BCUT2D eigenvalue weighted by Crippen LogP contribution is -2.26. The maximum absolute atomic E-state index is 13.1. The van der Waals surface area contributed by atoms with E-state index >= 15 is 0 Å². The number of esters is 2. The van der Waals surface area contributed by atoms with Crippen molar-refractivity contribution in [3.8, 4) is 11.5 Å². The SMILES string of the molecule is COc1ccnc(C(=O)C[C@@H](C)C(=O)O[C@H](C)[C@H](C)c2ccc(F)cc2)c1OC(C)=O. The van der Waals surface area contributed by atoms with E-state index in [-0.39, 0.29) is 35.3 Å². The molecule has 0 fully saturated rings. The van der Waals surface area contributed by atoms with Gasteiger partial charge in [0, 0.05) is 31.5 Å². The van der Waals surface area contributed by atoms with E-state index in [4.69, 9.17) is 14.2 Å². The number of carbonyl (C=O) groups is 3. The first-order chi connectivity index (χ1) is 14.6. The van der Waals surface area contributed by atoms with Crippen LogP contribution in [0.25, 0.3) is 0 Å². The Hall–Kier alpha value is -3.29. The van der Waals surface area contributed by atoms with Crippen LogP contribution in [0.15, 0.2) is 36.5 Å². The molecule has 0 amide bonds. The van der Waals surface area contributed by atoms with Gasteiger partial charge in [-0.25, -0.2) is 9.37 Å². The Kier molecular flexibility index (Phi) is 8.24. The lowest BCUT2D eigenvalue weighted by atomic mass is 9.96. The third-order valence-electron chi connectivity index (χ3n) is 4.89. The van der Waals surface area contributed by atoms with Crippen LogP contribution < -0.4 is 9.47 Å². The van der Waals surface area contributed by atoms with Crippen LogP contribution >= 0.6 is 0 Å². The minimum atomic E-state index is -0.756. The molecule has 7 nitrogen and oxygen atoms in total. The normalized spacial score (nSPS) is 13.6. The van der Waals surface area contributed by atoms with Gasteiger partial charge in [0.15, 0.2) is 17.2 Å². The zero-order valence-electron chi connectivity index (χ0n) is 18.2. The number of ketones is 1. The fourth-order valence-corrected chi connectivity index (χ4v) is 2.93. The van der Waals surface area contributed by atoms with Gasteiger partial charge in [-0.05, 0) is 24.6 Å². The lowest BCUT2D eigenvalue weighted by Gasteiger charge is -2.22. The number of benzene rings is 1. The fourth-order valence-electron chi connectivity index (χ4n) is 2.93. The molecule has 0 saturated carbocycles. The molecule has 0 N–H and O–H groups in total. The average molecular weight is 431 g/mol. The Morgan fingerprint density at radius 2 is 1.71 bits per heavy atom. The van der Waals surface area contributed by atoms with Crippen LogP contribution in [-0.2, 0) is 14.3 Å². The van der Waals surface area contributed by atoms with Gasteiger partial charge in [0.05, 0.1) is 13.0 Å². The zero-order chi connectivity index (χ0) is 23.1. The Morgan fingerprint density at radius 3 is 2.29 bits per heavy atom. The second-order valence-corrected chi connectivity index (χ2v) is 7.30. The smallest absolute Gasteiger partial charge is 0.309 e. The molecule has 0 saturated heterocycles. The van der Waals surface area contributed by atoms with E-state index in [0.29, 0.717) is 0 Å². The van der Waals surface area contributed by atoms with Gasteiger partial charge in [-0.15, -0.1) is 0 Å². The number of Topliss-reactive ketones (excluding diaryl/α,β-unsaturated/α-hetero) is 1. The molecule has 1 heterocycles. The molecule has 8 heteroatoms. The summed E-state index contributed by atoms with van der Waals surface area (Å²) in [5, 5.41) is 0. The Labute approximate surface area is 180 Å². The molecule has 0 bridgehead atoms. The summed E-state index contributed by atoms with van der Waals surface area (Å²) in [7, 11) is 1.38. The molecule has 1 aromatic carbocycles. The predicted molar refractivity (Wildman–Crippen MR) is 111 cm³/mol. The first kappa shape index (κ1) is 24.0. The largest absolute Gasteiger partial charge is 0.493 e. The molecule has 0 aliphatic rings. The van der Waals surface area contributed by atoms with Crippen LogP contribution in [0.3, 0.4) is 0 Å². The summed E-state index contributed by atoms with van der Waals surface area (Å²) in [5.74, 6) is -2.82. The Balaban J connectivity index is 2.06. The van der Waals surface area contributed by atoms with Gasteiger partial charge >= 0.3 is 11.9 Å². The van der Waals surface area contributed by atoms with E-state index < -0.39 is 29.7 Å². The predicted octanol–water partition coefficient (Wildman–Crippen LogP) is 4.10. The summed E-state index contributed by atoms with van der Waals surface area (Å²) in [5.41, 5.74) is 0.735. The molecule has 1 aromatic heterocycles. The van der Waals surface area contributed by atoms with Crippen LogP contribution in [0, 0.1) is 11.7 Å². The van der Waals surface area contributed by atoms with Gasteiger partial charge in [-0.2, -0.15) is 0 Å². The van der Waals surface area contributed by atoms with Crippen molar-refractivity contribution in [2.24, 2.45) is 5.92 Å². The van der Waals surface area contributed by atoms with Crippen molar-refractivity contribution in [2.75, 3.05) is 7.11 Å². The molecule has 0 aliphatic carbocycles. The zero-order valence-corrected chi connectivity index (χ0v) is 18.2. The minimum absolute atomic E-state index is 0.0821. The monoisotopic (exact) mass is 431 g/mol. The summed E-state index contributed by atoms with van der Waals surface area (Å²) in [6.07, 6.45) is 0.682. The fraction of sp³-hybridized carbons (Fsp3) is 0.391. The van der Waals surface area contributed by atoms with E-state index in [1.807, 2.05) is 6.92 Å². The highest BCUT2D eigenvalue weighted by molar-refractivity contribution is 5.99. The highest BCUT2D eigenvalue weighted by Crippen LogP contribution is 2.31. The van der Waals surface area contributed by atoms with Crippen molar-refractivity contribution in [1.29, 1.82) is 0 Å². The molecule has 0 unspecified atom stereocenters. The molecule has 2 aromatic rings. The van der Waals surface area contributed by atoms with Gasteiger partial charge in [0.2, 0.25) is 5.75 Å². The highest BCUT2D eigenvalue weighted by atomic mass is 19.1. The topological polar surface area (TPSA) is 91.8 Å². The Bertz CT molecular complexity index is 944. The van der Waals surface area contributed by atoms with Crippen LogP contribution in [0.1, 0.15) is 56.1 Å². The van der Waals surface area contributed by atoms with Crippen molar-refractivity contribution in [1.82, 2.24) is 4.98 Å². The first-order valence-corrected chi connectivity index (χ1v) is 9.84. The van der Waals surface area contributed by atoms with Gasteiger partial charge in [-0.3, -0.25) is 14.4 Å². The molecule has 3 atom stereocenters. The van der Waals surface area contributed by atoms with Gasteiger partial charge < -0.3 is 14.2 Å². The van der Waals surface area contributed by atoms with E-state index in [1.165, 1.54) is 38.4 Å². The van der Waals surface area contributed by atoms with E-state index in [1.54, 1.807) is 26.0 Å². The van der Waals surface area contributed by atoms with E-state index in [0.717, 1.165) is 5.56 Å². The molecule has 166 valence electrons. The summed E-state index contributed by atoms with van der Waals surface area (Å²) in [6.45, 7) is 6.38. The number of aromatic nitrogens is 1. The maximum atomic E-state index is 13.1.